The van der Waals surface area contributed by atoms with E-state index in [1.165, 1.54) is 0 Å². The van der Waals surface area contributed by atoms with Gasteiger partial charge in [-0.15, -0.1) is 0 Å². The Morgan fingerprint density at radius 2 is 1.77 bits per heavy atom. The zero-order valence-corrected chi connectivity index (χ0v) is 16.0. The number of amides is 1. The summed E-state index contributed by atoms with van der Waals surface area (Å²) in [4.78, 5) is 12.3. The minimum atomic E-state index is -0.357. The van der Waals surface area contributed by atoms with Crippen LogP contribution in [0, 0.1) is 6.92 Å². The van der Waals surface area contributed by atoms with Crippen LogP contribution in [0.1, 0.15) is 16.1 Å². The Morgan fingerprint density at radius 1 is 1.12 bits per heavy atom. The summed E-state index contributed by atoms with van der Waals surface area (Å²) in [6.07, 6.45) is 0. The number of benzene rings is 2. The van der Waals surface area contributed by atoms with E-state index in [2.05, 4.69) is 10.4 Å². The van der Waals surface area contributed by atoms with Crippen LogP contribution in [0.3, 0.4) is 0 Å². The molecule has 0 radical (unpaired) electrons. The molecule has 1 aromatic heterocycles. The van der Waals surface area contributed by atoms with Gasteiger partial charge in [-0.05, 0) is 37.3 Å². The van der Waals surface area contributed by atoms with Crippen molar-refractivity contribution >= 4 is 40.7 Å². The number of halogens is 3. The van der Waals surface area contributed by atoms with Gasteiger partial charge >= 0.3 is 0 Å². The number of rotatable bonds is 4. The lowest BCUT2D eigenvalue weighted by atomic mass is 10.1. The van der Waals surface area contributed by atoms with Crippen molar-refractivity contribution in [3.8, 4) is 16.9 Å². The predicted molar refractivity (Wildman–Crippen MR) is 105 cm³/mol. The Morgan fingerprint density at radius 3 is 2.38 bits per heavy atom. The van der Waals surface area contributed by atoms with E-state index < -0.39 is 0 Å². The predicted octanol–water partition coefficient (Wildman–Crippen LogP) is 4.45. The zero-order valence-electron chi connectivity index (χ0n) is 13.8. The second-order valence-corrected chi connectivity index (χ2v) is 6.83. The summed E-state index contributed by atoms with van der Waals surface area (Å²) in [6.45, 7) is 1.84. The Labute approximate surface area is 165 Å². The minimum Gasteiger partial charge on any atom is -0.338 e. The molecular formula is C18H15Cl3N4O. The molecule has 3 aromatic rings. The van der Waals surface area contributed by atoms with Gasteiger partial charge in [0.25, 0.3) is 5.91 Å². The van der Waals surface area contributed by atoms with Gasteiger partial charge in [-0.3, -0.25) is 4.79 Å². The van der Waals surface area contributed by atoms with Crippen LogP contribution in [0.4, 0.5) is 0 Å². The van der Waals surface area contributed by atoms with E-state index >= 15 is 0 Å². The van der Waals surface area contributed by atoms with Gasteiger partial charge in [-0.1, -0.05) is 46.9 Å². The molecule has 0 aliphatic carbocycles. The quantitative estimate of drug-likeness (QED) is 0.625. The first kappa shape index (κ1) is 18.7. The number of hydrogen-bond donors (Lipinski definition) is 2. The molecule has 0 aliphatic rings. The summed E-state index contributed by atoms with van der Waals surface area (Å²) >= 11 is 18.4. The lowest BCUT2D eigenvalue weighted by Crippen LogP contribution is -2.30. The van der Waals surface area contributed by atoms with E-state index in [1.54, 1.807) is 35.0 Å². The molecule has 0 bridgehead atoms. The van der Waals surface area contributed by atoms with Gasteiger partial charge in [0.15, 0.2) is 5.69 Å². The van der Waals surface area contributed by atoms with E-state index in [0.29, 0.717) is 26.3 Å². The normalized spacial score (nSPS) is 10.8. The van der Waals surface area contributed by atoms with E-state index in [-0.39, 0.29) is 18.3 Å². The first-order chi connectivity index (χ1) is 12.4. The van der Waals surface area contributed by atoms with Crippen LogP contribution in [-0.4, -0.2) is 22.4 Å². The molecule has 0 aliphatic heterocycles. The fourth-order valence-corrected chi connectivity index (χ4v) is 3.28. The lowest BCUT2D eigenvalue weighted by Gasteiger charge is -2.11. The molecule has 0 saturated heterocycles. The second-order valence-electron chi connectivity index (χ2n) is 5.55. The van der Waals surface area contributed by atoms with Gasteiger partial charge in [0.2, 0.25) is 0 Å². The average Bonchev–Trinajstić information content (AvgIpc) is 2.93. The third kappa shape index (κ3) is 3.57. The minimum absolute atomic E-state index is 0.0170. The fraction of sp³-hybridized carbons (Fsp3) is 0.111. The van der Waals surface area contributed by atoms with Crippen LogP contribution in [0.15, 0.2) is 42.5 Å². The van der Waals surface area contributed by atoms with Crippen LogP contribution in [0.2, 0.25) is 15.1 Å². The summed E-state index contributed by atoms with van der Waals surface area (Å²) in [5.41, 5.74) is 8.57. The van der Waals surface area contributed by atoms with Gasteiger partial charge in [0, 0.05) is 21.2 Å². The van der Waals surface area contributed by atoms with Crippen LogP contribution >= 0.6 is 34.8 Å². The van der Waals surface area contributed by atoms with Crippen molar-refractivity contribution in [2.75, 3.05) is 6.67 Å². The number of carbonyl (C=O) groups is 1. The van der Waals surface area contributed by atoms with Crippen molar-refractivity contribution in [3.63, 3.8) is 0 Å². The fourth-order valence-electron chi connectivity index (χ4n) is 2.66. The van der Waals surface area contributed by atoms with Crippen LogP contribution in [0.5, 0.6) is 0 Å². The monoisotopic (exact) mass is 408 g/mol. The highest BCUT2D eigenvalue weighted by molar-refractivity contribution is 6.35. The highest BCUT2D eigenvalue weighted by Crippen LogP contribution is 2.33. The first-order valence-corrected chi connectivity index (χ1v) is 8.85. The van der Waals surface area contributed by atoms with E-state index in [0.717, 1.165) is 11.3 Å². The number of nitrogens with one attached hydrogen (secondary N) is 1. The van der Waals surface area contributed by atoms with Crippen molar-refractivity contribution in [2.45, 2.75) is 6.92 Å². The maximum Gasteiger partial charge on any atom is 0.273 e. The molecule has 1 heterocycles. The Balaban J connectivity index is 2.26. The summed E-state index contributed by atoms with van der Waals surface area (Å²) < 4.78 is 1.63. The SMILES string of the molecule is Cc1c(C(=O)NCN)nn(-c2ccc(Cl)cc2Cl)c1-c1ccc(Cl)cc1. The average molecular weight is 410 g/mol. The maximum absolute atomic E-state index is 12.3. The van der Waals surface area contributed by atoms with Gasteiger partial charge in [-0.2, -0.15) is 5.10 Å². The molecule has 0 fully saturated rings. The number of nitrogens with two attached hydrogens (primary N) is 1. The van der Waals surface area contributed by atoms with Gasteiger partial charge in [-0.25, -0.2) is 4.68 Å². The molecule has 8 heteroatoms. The van der Waals surface area contributed by atoms with Crippen LogP contribution in [-0.2, 0) is 0 Å². The third-order valence-electron chi connectivity index (χ3n) is 3.86. The number of aromatic nitrogens is 2. The molecule has 134 valence electrons. The topological polar surface area (TPSA) is 72.9 Å². The molecule has 0 atom stereocenters. The molecule has 0 saturated carbocycles. The molecule has 1 amide bonds. The number of nitrogens with zero attached hydrogens (tertiary/aromatic N) is 2. The van der Waals surface area contributed by atoms with Crippen LogP contribution < -0.4 is 11.1 Å². The molecule has 0 spiro atoms. The van der Waals surface area contributed by atoms with E-state index in [4.69, 9.17) is 40.5 Å². The lowest BCUT2D eigenvalue weighted by molar-refractivity contribution is 0.0949. The van der Waals surface area contributed by atoms with E-state index in [9.17, 15) is 4.79 Å². The highest BCUT2D eigenvalue weighted by atomic mass is 35.5. The standard InChI is InChI=1S/C18H15Cl3N4O/c1-10-16(18(26)23-9-22)24-25(15-7-6-13(20)8-14(15)21)17(10)11-2-4-12(19)5-3-11/h2-8H,9,22H2,1H3,(H,23,26). The van der Waals surface area contributed by atoms with E-state index in [1.807, 2.05) is 19.1 Å². The van der Waals surface area contributed by atoms with Gasteiger partial charge in [0.05, 0.1) is 23.1 Å². The molecule has 5 nitrogen and oxygen atoms in total. The maximum atomic E-state index is 12.3. The van der Waals surface area contributed by atoms with Crippen molar-refractivity contribution in [3.05, 3.63) is 68.8 Å². The smallest absolute Gasteiger partial charge is 0.273 e. The van der Waals surface area contributed by atoms with Crippen molar-refractivity contribution < 1.29 is 4.79 Å². The van der Waals surface area contributed by atoms with Crippen molar-refractivity contribution in [1.29, 1.82) is 0 Å². The van der Waals surface area contributed by atoms with Gasteiger partial charge in [0.1, 0.15) is 0 Å². The van der Waals surface area contributed by atoms with Crippen LogP contribution in [0.25, 0.3) is 16.9 Å². The third-order valence-corrected chi connectivity index (χ3v) is 4.65. The highest BCUT2D eigenvalue weighted by Gasteiger charge is 2.22. The number of carbonyl (C=O) groups excluding carboxylic acids is 1. The summed E-state index contributed by atoms with van der Waals surface area (Å²) in [6, 6.07) is 12.4. The number of hydrogen-bond acceptors (Lipinski definition) is 3. The zero-order chi connectivity index (χ0) is 18.8. The molecule has 26 heavy (non-hydrogen) atoms. The molecule has 3 N–H and O–H groups in total. The molecule has 3 rings (SSSR count). The Hall–Kier alpha value is -2.05. The van der Waals surface area contributed by atoms with Gasteiger partial charge < -0.3 is 11.1 Å². The van der Waals surface area contributed by atoms with Crippen molar-refractivity contribution in [1.82, 2.24) is 15.1 Å². The first-order valence-electron chi connectivity index (χ1n) is 7.71. The van der Waals surface area contributed by atoms with Crippen molar-refractivity contribution in [2.24, 2.45) is 5.73 Å². The Bertz CT molecular complexity index is 967. The summed E-state index contributed by atoms with van der Waals surface area (Å²) in [7, 11) is 0. The Kier molecular flexibility index (Phi) is 5.53. The molecular weight excluding hydrogens is 395 g/mol. The molecule has 0 unspecified atom stereocenters. The summed E-state index contributed by atoms with van der Waals surface area (Å²) in [5.74, 6) is -0.357. The largest absolute Gasteiger partial charge is 0.338 e. The second kappa shape index (κ2) is 7.68. The summed E-state index contributed by atoms with van der Waals surface area (Å²) in [5, 5.41) is 8.59. The molecule has 2 aromatic carbocycles.